The number of rotatable bonds is 9. The summed E-state index contributed by atoms with van der Waals surface area (Å²) >= 11 is 1.36. The lowest BCUT2D eigenvalue weighted by Crippen LogP contribution is -2.35. The molecule has 0 spiro atoms. The molecule has 0 aliphatic heterocycles. The standard InChI is InChI=1S/C25H24N4O2S/c1-3-16-29-23(21-15-10-17-31-21)27-28-25(29)32-18(2)24(30)26-22(19-11-6-4-7-12-19)20-13-8-5-9-14-20/h3-15,17-18,22H,1,16H2,2H3,(H,26,30). The highest BCUT2D eigenvalue weighted by Crippen LogP contribution is 2.28. The van der Waals surface area contributed by atoms with Crippen LogP contribution in [0.2, 0.25) is 0 Å². The van der Waals surface area contributed by atoms with E-state index in [1.807, 2.05) is 78.2 Å². The minimum Gasteiger partial charge on any atom is -0.461 e. The highest BCUT2D eigenvalue weighted by atomic mass is 32.2. The molecule has 6 nitrogen and oxygen atoms in total. The molecule has 0 saturated heterocycles. The van der Waals surface area contributed by atoms with Gasteiger partial charge in [0.25, 0.3) is 0 Å². The van der Waals surface area contributed by atoms with Crippen LogP contribution < -0.4 is 5.32 Å². The molecule has 0 radical (unpaired) electrons. The Hall–Kier alpha value is -3.58. The first kappa shape index (κ1) is 21.6. The van der Waals surface area contributed by atoms with Gasteiger partial charge in [-0.3, -0.25) is 9.36 Å². The van der Waals surface area contributed by atoms with Crippen LogP contribution in [0.15, 0.2) is 101 Å². The van der Waals surface area contributed by atoms with E-state index in [9.17, 15) is 4.79 Å². The zero-order chi connectivity index (χ0) is 22.3. The second-order valence-corrected chi connectivity index (χ2v) is 8.51. The topological polar surface area (TPSA) is 73.0 Å². The summed E-state index contributed by atoms with van der Waals surface area (Å²) in [4.78, 5) is 13.2. The predicted octanol–water partition coefficient (Wildman–Crippen LogP) is 5.11. The Morgan fingerprint density at radius 1 is 1.06 bits per heavy atom. The summed E-state index contributed by atoms with van der Waals surface area (Å²) < 4.78 is 7.37. The quantitative estimate of drug-likeness (QED) is 0.287. The van der Waals surface area contributed by atoms with E-state index in [-0.39, 0.29) is 17.2 Å². The highest BCUT2D eigenvalue weighted by molar-refractivity contribution is 8.00. The van der Waals surface area contributed by atoms with E-state index in [2.05, 4.69) is 22.1 Å². The minimum atomic E-state index is -0.387. The van der Waals surface area contributed by atoms with E-state index in [0.29, 0.717) is 23.3 Å². The van der Waals surface area contributed by atoms with Gasteiger partial charge in [0.15, 0.2) is 10.9 Å². The van der Waals surface area contributed by atoms with Crippen molar-refractivity contribution in [2.45, 2.75) is 29.9 Å². The molecule has 0 aliphatic carbocycles. The number of benzene rings is 2. The van der Waals surface area contributed by atoms with Crippen LogP contribution in [0, 0.1) is 0 Å². The molecule has 4 aromatic rings. The van der Waals surface area contributed by atoms with Gasteiger partial charge in [0.1, 0.15) is 0 Å². The molecule has 2 aromatic heterocycles. The van der Waals surface area contributed by atoms with E-state index < -0.39 is 0 Å². The van der Waals surface area contributed by atoms with Gasteiger partial charge < -0.3 is 9.73 Å². The monoisotopic (exact) mass is 444 g/mol. The van der Waals surface area contributed by atoms with Gasteiger partial charge in [0.05, 0.1) is 17.6 Å². The lowest BCUT2D eigenvalue weighted by atomic mass is 9.98. The Bertz CT molecular complexity index is 1120. The number of amides is 1. The van der Waals surface area contributed by atoms with Gasteiger partial charge in [0, 0.05) is 6.54 Å². The number of furan rings is 1. The molecule has 0 bridgehead atoms. The van der Waals surface area contributed by atoms with Crippen molar-refractivity contribution in [2.75, 3.05) is 0 Å². The molecule has 32 heavy (non-hydrogen) atoms. The van der Waals surface area contributed by atoms with Crippen LogP contribution in [0.4, 0.5) is 0 Å². The highest BCUT2D eigenvalue weighted by Gasteiger charge is 2.24. The van der Waals surface area contributed by atoms with Gasteiger partial charge in [-0.2, -0.15) is 0 Å². The molecular formula is C25H24N4O2S. The van der Waals surface area contributed by atoms with E-state index in [0.717, 1.165) is 11.1 Å². The van der Waals surface area contributed by atoms with E-state index in [4.69, 9.17) is 4.42 Å². The molecule has 2 aromatic carbocycles. The van der Waals surface area contributed by atoms with E-state index in [1.54, 1.807) is 18.4 Å². The summed E-state index contributed by atoms with van der Waals surface area (Å²) in [6.45, 7) is 6.20. The molecule has 0 fully saturated rings. The van der Waals surface area contributed by atoms with E-state index in [1.165, 1.54) is 11.8 Å². The second-order valence-electron chi connectivity index (χ2n) is 7.21. The largest absolute Gasteiger partial charge is 0.461 e. The van der Waals surface area contributed by atoms with Crippen molar-refractivity contribution in [2.24, 2.45) is 0 Å². The number of thioether (sulfide) groups is 1. The third-order valence-corrected chi connectivity index (χ3v) is 6.05. The second kappa shape index (κ2) is 10.2. The number of carbonyl (C=O) groups is 1. The average Bonchev–Trinajstić information content (AvgIpc) is 3.49. The molecule has 162 valence electrons. The lowest BCUT2D eigenvalue weighted by molar-refractivity contribution is -0.120. The molecular weight excluding hydrogens is 420 g/mol. The van der Waals surface area contributed by atoms with Crippen LogP contribution in [0.5, 0.6) is 0 Å². The first-order chi connectivity index (χ1) is 15.7. The number of carbonyl (C=O) groups excluding carboxylic acids is 1. The van der Waals surface area contributed by atoms with Gasteiger partial charge in [0.2, 0.25) is 11.7 Å². The molecule has 4 rings (SSSR count). The molecule has 1 atom stereocenters. The zero-order valence-electron chi connectivity index (χ0n) is 17.7. The van der Waals surface area contributed by atoms with Crippen molar-refractivity contribution in [3.8, 4) is 11.6 Å². The van der Waals surface area contributed by atoms with Crippen molar-refractivity contribution in [1.82, 2.24) is 20.1 Å². The molecule has 0 aliphatic rings. The van der Waals surface area contributed by atoms with Gasteiger partial charge in [-0.25, -0.2) is 0 Å². The van der Waals surface area contributed by atoms with E-state index >= 15 is 0 Å². The normalized spacial score (nSPS) is 11.9. The van der Waals surface area contributed by atoms with Gasteiger partial charge in [-0.1, -0.05) is 78.5 Å². The Morgan fingerprint density at radius 2 is 1.72 bits per heavy atom. The van der Waals surface area contributed by atoms with Crippen LogP contribution in [0.1, 0.15) is 24.1 Å². The summed E-state index contributed by atoms with van der Waals surface area (Å²) in [5.41, 5.74) is 2.05. The fourth-order valence-corrected chi connectivity index (χ4v) is 4.25. The van der Waals surface area contributed by atoms with Crippen LogP contribution in [0.3, 0.4) is 0 Å². The summed E-state index contributed by atoms with van der Waals surface area (Å²) in [7, 11) is 0. The average molecular weight is 445 g/mol. The van der Waals surface area contributed by atoms with Gasteiger partial charge in [-0.05, 0) is 30.2 Å². The molecule has 7 heteroatoms. The number of allylic oxidation sites excluding steroid dienone is 1. The third-order valence-electron chi connectivity index (χ3n) is 4.97. The Morgan fingerprint density at radius 3 is 2.28 bits per heavy atom. The molecule has 2 heterocycles. The van der Waals surface area contributed by atoms with Crippen LogP contribution >= 0.6 is 11.8 Å². The fourth-order valence-electron chi connectivity index (χ4n) is 3.38. The maximum atomic E-state index is 13.2. The lowest BCUT2D eigenvalue weighted by Gasteiger charge is -2.22. The predicted molar refractivity (Wildman–Crippen MR) is 126 cm³/mol. The third kappa shape index (κ3) is 4.84. The molecule has 0 saturated carbocycles. The number of hydrogen-bond acceptors (Lipinski definition) is 5. The SMILES string of the molecule is C=CCn1c(SC(C)C(=O)NC(c2ccccc2)c2ccccc2)nnc1-c1ccco1. The van der Waals surface area contributed by atoms with Crippen molar-refractivity contribution >= 4 is 17.7 Å². The smallest absolute Gasteiger partial charge is 0.234 e. The van der Waals surface area contributed by atoms with Crippen molar-refractivity contribution in [3.63, 3.8) is 0 Å². The van der Waals surface area contributed by atoms with Crippen LogP contribution in [-0.2, 0) is 11.3 Å². The zero-order valence-corrected chi connectivity index (χ0v) is 18.5. The number of aromatic nitrogens is 3. The van der Waals surface area contributed by atoms with Crippen molar-refractivity contribution < 1.29 is 9.21 Å². The Kier molecular flexibility index (Phi) is 6.87. The summed E-state index contributed by atoms with van der Waals surface area (Å²) in [5, 5.41) is 12.0. The molecule has 1 N–H and O–H groups in total. The number of nitrogens with zero attached hydrogens (tertiary/aromatic N) is 3. The first-order valence-electron chi connectivity index (χ1n) is 10.3. The molecule has 1 amide bonds. The van der Waals surface area contributed by atoms with Crippen molar-refractivity contribution in [1.29, 1.82) is 0 Å². The Balaban J connectivity index is 1.54. The maximum Gasteiger partial charge on any atom is 0.234 e. The number of nitrogens with one attached hydrogen (secondary N) is 1. The van der Waals surface area contributed by atoms with Crippen LogP contribution in [0.25, 0.3) is 11.6 Å². The fraction of sp³-hybridized carbons (Fsp3) is 0.160. The minimum absolute atomic E-state index is 0.0830. The van der Waals surface area contributed by atoms with Gasteiger partial charge in [-0.15, -0.1) is 16.8 Å². The Labute approximate surface area is 191 Å². The van der Waals surface area contributed by atoms with Gasteiger partial charge >= 0.3 is 0 Å². The van der Waals surface area contributed by atoms with Crippen LogP contribution in [-0.4, -0.2) is 25.9 Å². The summed E-state index contributed by atoms with van der Waals surface area (Å²) in [5.74, 6) is 1.15. The summed E-state index contributed by atoms with van der Waals surface area (Å²) in [6.07, 6.45) is 3.36. The maximum absolute atomic E-state index is 13.2. The first-order valence-corrected chi connectivity index (χ1v) is 11.2. The number of hydrogen-bond donors (Lipinski definition) is 1. The summed E-state index contributed by atoms with van der Waals surface area (Å²) in [6, 6.07) is 23.3. The van der Waals surface area contributed by atoms with Crippen molar-refractivity contribution in [3.05, 3.63) is 103 Å². The molecule has 1 unspecified atom stereocenters.